The Morgan fingerprint density at radius 1 is 1.24 bits per heavy atom. The van der Waals surface area contributed by atoms with Gasteiger partial charge in [0.1, 0.15) is 5.75 Å². The highest BCUT2D eigenvalue weighted by molar-refractivity contribution is 7.99. The van der Waals surface area contributed by atoms with Crippen LogP contribution in [-0.4, -0.2) is 36.8 Å². The molecule has 2 N–H and O–H groups in total. The van der Waals surface area contributed by atoms with Crippen LogP contribution in [0.15, 0.2) is 47.4 Å². The van der Waals surface area contributed by atoms with Crippen molar-refractivity contribution in [2.75, 3.05) is 18.2 Å². The van der Waals surface area contributed by atoms with Crippen LogP contribution in [0.2, 0.25) is 0 Å². The molecule has 2 aromatic rings. The first kappa shape index (κ1) is 20.7. The molecule has 1 heterocycles. The van der Waals surface area contributed by atoms with Gasteiger partial charge in [0.2, 0.25) is 5.91 Å². The van der Waals surface area contributed by atoms with Gasteiger partial charge in [-0.2, -0.15) is 0 Å². The van der Waals surface area contributed by atoms with Crippen molar-refractivity contribution in [3.63, 3.8) is 0 Å². The van der Waals surface area contributed by atoms with Gasteiger partial charge in [0.05, 0.1) is 18.4 Å². The lowest BCUT2D eigenvalue weighted by atomic mass is 10.2. The second-order valence-electron chi connectivity index (χ2n) is 6.43. The summed E-state index contributed by atoms with van der Waals surface area (Å²) in [4.78, 5) is 37.4. The lowest BCUT2D eigenvalue weighted by molar-refractivity contribution is -0.129. The second kappa shape index (κ2) is 9.47. The average Bonchev–Trinajstić information content (AvgIpc) is 2.91. The number of thioether (sulfide) groups is 1. The maximum atomic E-state index is 12.4. The molecule has 1 aliphatic rings. The number of esters is 1. The van der Waals surface area contributed by atoms with E-state index in [1.54, 1.807) is 43.1 Å². The third kappa shape index (κ3) is 5.29. The number of anilines is 1. The number of rotatable bonds is 6. The van der Waals surface area contributed by atoms with Gasteiger partial charge in [-0.25, -0.2) is 4.79 Å². The van der Waals surface area contributed by atoms with Gasteiger partial charge in [0.15, 0.2) is 6.10 Å². The third-order valence-electron chi connectivity index (χ3n) is 4.37. The van der Waals surface area contributed by atoms with E-state index in [0.29, 0.717) is 23.6 Å². The highest BCUT2D eigenvalue weighted by Gasteiger charge is 2.21. The van der Waals surface area contributed by atoms with E-state index in [-0.39, 0.29) is 18.0 Å². The number of fused-ring (bicyclic) bond motifs is 1. The predicted octanol–water partition coefficient (Wildman–Crippen LogP) is 2.99. The molecular weight excluding hydrogens is 392 g/mol. The molecule has 7 nitrogen and oxygen atoms in total. The SMILES string of the molecule is COc1ccccc1CNC(=O)[C@@H](C)OC(=O)c1ccc2c(c1)NC(=O)CCS2. The van der Waals surface area contributed by atoms with E-state index in [4.69, 9.17) is 9.47 Å². The Labute approximate surface area is 173 Å². The smallest absolute Gasteiger partial charge is 0.338 e. The second-order valence-corrected chi connectivity index (χ2v) is 7.57. The van der Waals surface area contributed by atoms with Crippen LogP contribution in [0.4, 0.5) is 5.69 Å². The summed E-state index contributed by atoms with van der Waals surface area (Å²) in [7, 11) is 1.56. The first-order valence-corrected chi connectivity index (χ1v) is 10.1. The number of carbonyl (C=O) groups excluding carboxylic acids is 3. The van der Waals surface area contributed by atoms with Crippen molar-refractivity contribution in [2.45, 2.75) is 30.9 Å². The molecule has 152 valence electrons. The maximum Gasteiger partial charge on any atom is 0.338 e. The average molecular weight is 414 g/mol. The fourth-order valence-electron chi connectivity index (χ4n) is 2.80. The van der Waals surface area contributed by atoms with Crippen molar-refractivity contribution in [3.05, 3.63) is 53.6 Å². The highest BCUT2D eigenvalue weighted by Crippen LogP contribution is 2.31. The van der Waals surface area contributed by atoms with Gasteiger partial charge < -0.3 is 20.1 Å². The van der Waals surface area contributed by atoms with Crippen molar-refractivity contribution in [1.29, 1.82) is 0 Å². The zero-order valence-corrected chi connectivity index (χ0v) is 17.0. The number of benzene rings is 2. The lowest BCUT2D eigenvalue weighted by Crippen LogP contribution is -2.35. The highest BCUT2D eigenvalue weighted by atomic mass is 32.2. The topological polar surface area (TPSA) is 93.7 Å². The molecule has 0 saturated heterocycles. The Bertz CT molecular complexity index is 931. The summed E-state index contributed by atoms with van der Waals surface area (Å²) in [5, 5.41) is 5.52. The molecule has 1 atom stereocenters. The quantitative estimate of drug-likeness (QED) is 0.706. The van der Waals surface area contributed by atoms with Crippen molar-refractivity contribution in [3.8, 4) is 5.75 Å². The largest absolute Gasteiger partial charge is 0.496 e. The predicted molar refractivity (Wildman–Crippen MR) is 110 cm³/mol. The van der Waals surface area contributed by atoms with E-state index >= 15 is 0 Å². The van der Waals surface area contributed by atoms with Gasteiger partial charge in [0, 0.05) is 29.2 Å². The molecule has 0 spiro atoms. The van der Waals surface area contributed by atoms with E-state index in [0.717, 1.165) is 10.5 Å². The Morgan fingerprint density at radius 2 is 2.03 bits per heavy atom. The summed E-state index contributed by atoms with van der Waals surface area (Å²) in [5.74, 6) is 0.221. The Balaban J connectivity index is 1.60. The monoisotopic (exact) mass is 414 g/mol. The first-order chi connectivity index (χ1) is 14.0. The molecule has 0 fully saturated rings. The van der Waals surface area contributed by atoms with E-state index in [1.807, 2.05) is 18.2 Å². The van der Waals surface area contributed by atoms with E-state index < -0.39 is 18.0 Å². The van der Waals surface area contributed by atoms with Gasteiger partial charge in [-0.3, -0.25) is 9.59 Å². The summed E-state index contributed by atoms with van der Waals surface area (Å²) in [6.07, 6.45) is -0.553. The van der Waals surface area contributed by atoms with Gasteiger partial charge in [-0.15, -0.1) is 11.8 Å². The molecule has 8 heteroatoms. The van der Waals surface area contributed by atoms with Crippen molar-refractivity contribution >= 4 is 35.2 Å². The summed E-state index contributed by atoms with van der Waals surface area (Å²) in [5.41, 5.74) is 1.68. The molecule has 2 amide bonds. The number of carbonyl (C=O) groups is 3. The molecule has 0 unspecified atom stereocenters. The van der Waals surface area contributed by atoms with Gasteiger partial charge in [0.25, 0.3) is 5.91 Å². The molecule has 0 bridgehead atoms. The third-order valence-corrected chi connectivity index (χ3v) is 5.45. The number of methoxy groups -OCH3 is 1. The summed E-state index contributed by atoms with van der Waals surface area (Å²) >= 11 is 1.55. The maximum absolute atomic E-state index is 12.4. The zero-order valence-electron chi connectivity index (χ0n) is 16.2. The first-order valence-electron chi connectivity index (χ1n) is 9.15. The molecule has 1 aliphatic heterocycles. The van der Waals surface area contributed by atoms with Crippen LogP contribution in [0.5, 0.6) is 5.75 Å². The number of para-hydroxylation sites is 1. The van der Waals surface area contributed by atoms with Crippen LogP contribution in [0.1, 0.15) is 29.3 Å². The minimum atomic E-state index is -0.972. The van der Waals surface area contributed by atoms with Crippen LogP contribution in [0.3, 0.4) is 0 Å². The van der Waals surface area contributed by atoms with Crippen LogP contribution in [-0.2, 0) is 20.9 Å². The zero-order chi connectivity index (χ0) is 20.8. The fourth-order valence-corrected chi connectivity index (χ4v) is 3.74. The van der Waals surface area contributed by atoms with Gasteiger partial charge in [-0.05, 0) is 31.2 Å². The molecule has 0 aliphatic carbocycles. The molecule has 0 saturated carbocycles. The fraction of sp³-hybridized carbons (Fsp3) is 0.286. The number of hydrogen-bond acceptors (Lipinski definition) is 6. The van der Waals surface area contributed by atoms with Crippen LogP contribution in [0.25, 0.3) is 0 Å². The summed E-state index contributed by atoms with van der Waals surface area (Å²) in [6.45, 7) is 1.77. The lowest BCUT2D eigenvalue weighted by Gasteiger charge is -2.15. The van der Waals surface area contributed by atoms with E-state index in [9.17, 15) is 14.4 Å². The van der Waals surface area contributed by atoms with Crippen LogP contribution in [0, 0.1) is 0 Å². The molecule has 2 aromatic carbocycles. The standard InChI is InChI=1S/C21H22N2O5S/c1-13(20(25)22-12-15-5-3-4-6-17(15)27-2)28-21(26)14-7-8-18-16(11-14)23-19(24)9-10-29-18/h3-8,11,13H,9-10,12H2,1-2H3,(H,22,25)(H,23,24)/t13-/m1/s1. The number of nitrogens with one attached hydrogen (secondary N) is 2. The number of hydrogen-bond donors (Lipinski definition) is 2. The Hall–Kier alpha value is -3.00. The van der Waals surface area contributed by atoms with Gasteiger partial charge in [-0.1, -0.05) is 18.2 Å². The van der Waals surface area contributed by atoms with Crippen molar-refractivity contribution < 1.29 is 23.9 Å². The van der Waals surface area contributed by atoms with Crippen LogP contribution >= 0.6 is 11.8 Å². The van der Waals surface area contributed by atoms with E-state index in [2.05, 4.69) is 10.6 Å². The van der Waals surface area contributed by atoms with E-state index in [1.165, 1.54) is 6.92 Å². The molecule has 3 rings (SSSR count). The Kier molecular flexibility index (Phi) is 6.77. The van der Waals surface area contributed by atoms with Crippen molar-refractivity contribution in [2.24, 2.45) is 0 Å². The minimum absolute atomic E-state index is 0.0918. The number of amides is 2. The van der Waals surface area contributed by atoms with Gasteiger partial charge >= 0.3 is 5.97 Å². The molecule has 29 heavy (non-hydrogen) atoms. The minimum Gasteiger partial charge on any atom is -0.496 e. The molecular formula is C21H22N2O5S. The number of ether oxygens (including phenoxy) is 2. The van der Waals surface area contributed by atoms with Crippen LogP contribution < -0.4 is 15.4 Å². The molecule has 0 aromatic heterocycles. The Morgan fingerprint density at radius 3 is 2.83 bits per heavy atom. The molecule has 0 radical (unpaired) electrons. The summed E-state index contributed by atoms with van der Waals surface area (Å²) < 4.78 is 10.5. The summed E-state index contributed by atoms with van der Waals surface area (Å²) in [6, 6.07) is 12.3. The van der Waals surface area contributed by atoms with Crippen molar-refractivity contribution in [1.82, 2.24) is 5.32 Å². The normalized spacial score (nSPS) is 14.1.